The van der Waals surface area contributed by atoms with Crippen molar-refractivity contribution in [3.63, 3.8) is 0 Å². The van der Waals surface area contributed by atoms with Crippen LogP contribution in [0.2, 0.25) is 10.3 Å². The minimum absolute atomic E-state index is 0.114. The molecule has 1 aromatic rings. The summed E-state index contributed by atoms with van der Waals surface area (Å²) in [6.07, 6.45) is 1.24. The van der Waals surface area contributed by atoms with Gasteiger partial charge in [0.2, 0.25) is 0 Å². The second kappa shape index (κ2) is 7.31. The van der Waals surface area contributed by atoms with E-state index in [0.717, 1.165) is 6.42 Å². The van der Waals surface area contributed by atoms with Crippen molar-refractivity contribution >= 4 is 35.1 Å². The highest BCUT2D eigenvalue weighted by atomic mass is 35.5. The zero-order valence-corrected chi connectivity index (χ0v) is 11.8. The third-order valence-electron chi connectivity index (χ3n) is 2.42. The second-order valence-electron chi connectivity index (χ2n) is 4.06. The predicted octanol–water partition coefficient (Wildman–Crippen LogP) is 2.76. The number of carbonyl (C=O) groups excluding carboxylic acids is 1. The van der Waals surface area contributed by atoms with Gasteiger partial charge in [-0.15, -0.1) is 0 Å². The van der Waals surface area contributed by atoms with Crippen LogP contribution in [0.25, 0.3) is 0 Å². The van der Waals surface area contributed by atoms with Gasteiger partial charge in [0.05, 0.1) is 6.42 Å². The molecule has 1 rings (SSSR count). The third-order valence-corrected chi connectivity index (χ3v) is 2.81. The maximum atomic E-state index is 12.0. The van der Waals surface area contributed by atoms with Gasteiger partial charge in [-0.3, -0.25) is 9.59 Å². The smallest absolute Gasteiger partial charge is 0.305 e. The SMILES string of the molecule is CCCC(CC(=O)O)NC(=O)c1cc(Cl)nc(Cl)c1. The van der Waals surface area contributed by atoms with Gasteiger partial charge in [-0.1, -0.05) is 36.5 Å². The minimum atomic E-state index is -0.954. The summed E-state index contributed by atoms with van der Waals surface area (Å²) in [5, 5.41) is 11.7. The Morgan fingerprint density at radius 2 is 1.95 bits per heavy atom. The zero-order chi connectivity index (χ0) is 14.4. The van der Waals surface area contributed by atoms with Crippen LogP contribution in [0, 0.1) is 0 Å². The summed E-state index contributed by atoms with van der Waals surface area (Å²) in [4.78, 5) is 26.4. The van der Waals surface area contributed by atoms with Crippen molar-refractivity contribution in [3.05, 3.63) is 28.0 Å². The number of aliphatic carboxylic acids is 1. The molecule has 1 aromatic heterocycles. The molecule has 0 aromatic carbocycles. The van der Waals surface area contributed by atoms with Crippen LogP contribution in [-0.4, -0.2) is 28.0 Å². The lowest BCUT2D eigenvalue weighted by Gasteiger charge is -2.16. The number of hydrogen-bond acceptors (Lipinski definition) is 3. The molecule has 19 heavy (non-hydrogen) atoms. The second-order valence-corrected chi connectivity index (χ2v) is 4.83. The largest absolute Gasteiger partial charge is 0.481 e. The molecule has 0 fully saturated rings. The van der Waals surface area contributed by atoms with Crippen molar-refractivity contribution in [2.45, 2.75) is 32.2 Å². The highest BCUT2D eigenvalue weighted by molar-refractivity contribution is 6.33. The van der Waals surface area contributed by atoms with Gasteiger partial charge in [-0.2, -0.15) is 0 Å². The van der Waals surface area contributed by atoms with E-state index >= 15 is 0 Å². The molecule has 0 aliphatic rings. The van der Waals surface area contributed by atoms with Crippen LogP contribution in [0.3, 0.4) is 0 Å². The summed E-state index contributed by atoms with van der Waals surface area (Å²) in [5.41, 5.74) is 0.261. The van der Waals surface area contributed by atoms with E-state index in [-0.39, 0.29) is 22.3 Å². The highest BCUT2D eigenvalue weighted by Gasteiger charge is 2.17. The fourth-order valence-corrected chi connectivity index (χ4v) is 2.11. The quantitative estimate of drug-likeness (QED) is 0.792. The van der Waals surface area contributed by atoms with E-state index in [1.54, 1.807) is 0 Å². The standard InChI is InChI=1S/C12H14Cl2N2O3/c1-2-3-8(6-11(17)18)15-12(19)7-4-9(13)16-10(14)5-7/h4-5,8H,2-3,6H2,1H3,(H,15,19)(H,17,18). The first-order valence-electron chi connectivity index (χ1n) is 5.78. The molecule has 1 atom stereocenters. The van der Waals surface area contributed by atoms with Crippen molar-refractivity contribution in [2.24, 2.45) is 0 Å². The molecule has 7 heteroatoms. The zero-order valence-electron chi connectivity index (χ0n) is 10.3. The number of rotatable bonds is 6. The van der Waals surface area contributed by atoms with Crippen molar-refractivity contribution in [3.8, 4) is 0 Å². The van der Waals surface area contributed by atoms with E-state index in [1.165, 1.54) is 12.1 Å². The predicted molar refractivity (Wildman–Crippen MR) is 72.7 cm³/mol. The first-order chi connectivity index (χ1) is 8.92. The number of carboxylic acids is 1. The molecule has 1 amide bonds. The minimum Gasteiger partial charge on any atom is -0.481 e. The van der Waals surface area contributed by atoms with E-state index in [0.29, 0.717) is 6.42 Å². The Bertz CT molecular complexity index is 460. The Kier molecular flexibility index (Phi) is 6.05. The summed E-state index contributed by atoms with van der Waals surface area (Å²) in [6, 6.07) is 2.35. The van der Waals surface area contributed by atoms with Gasteiger partial charge in [0.25, 0.3) is 5.91 Å². The van der Waals surface area contributed by atoms with Gasteiger partial charge in [0, 0.05) is 11.6 Å². The van der Waals surface area contributed by atoms with Crippen molar-refractivity contribution in [1.29, 1.82) is 0 Å². The van der Waals surface area contributed by atoms with Crippen LogP contribution >= 0.6 is 23.2 Å². The Morgan fingerprint density at radius 3 is 2.42 bits per heavy atom. The van der Waals surface area contributed by atoms with Crippen LogP contribution in [0.15, 0.2) is 12.1 Å². The summed E-state index contributed by atoms with van der Waals surface area (Å²) < 4.78 is 0. The Labute approximate surface area is 120 Å². The molecular weight excluding hydrogens is 291 g/mol. The van der Waals surface area contributed by atoms with E-state index in [1.807, 2.05) is 6.92 Å². The van der Waals surface area contributed by atoms with Gasteiger partial charge in [-0.25, -0.2) is 4.98 Å². The van der Waals surface area contributed by atoms with Crippen LogP contribution < -0.4 is 5.32 Å². The van der Waals surface area contributed by atoms with Crippen LogP contribution in [0.5, 0.6) is 0 Å². The lowest BCUT2D eigenvalue weighted by molar-refractivity contribution is -0.137. The molecular formula is C12H14Cl2N2O3. The van der Waals surface area contributed by atoms with Crippen molar-refractivity contribution in [2.75, 3.05) is 0 Å². The number of amides is 1. The topological polar surface area (TPSA) is 79.3 Å². The lowest BCUT2D eigenvalue weighted by Crippen LogP contribution is -2.36. The first-order valence-corrected chi connectivity index (χ1v) is 6.53. The van der Waals surface area contributed by atoms with Crippen LogP contribution in [-0.2, 0) is 4.79 Å². The Hall–Kier alpha value is -1.33. The lowest BCUT2D eigenvalue weighted by atomic mass is 10.1. The number of nitrogens with zero attached hydrogens (tertiary/aromatic N) is 1. The highest BCUT2D eigenvalue weighted by Crippen LogP contribution is 2.15. The molecule has 1 heterocycles. The van der Waals surface area contributed by atoms with Crippen molar-refractivity contribution in [1.82, 2.24) is 10.3 Å². The normalized spacial score (nSPS) is 11.9. The maximum Gasteiger partial charge on any atom is 0.305 e. The van der Waals surface area contributed by atoms with Crippen LogP contribution in [0.4, 0.5) is 0 Å². The maximum absolute atomic E-state index is 12.0. The van der Waals surface area contributed by atoms with E-state index in [9.17, 15) is 9.59 Å². The average molecular weight is 305 g/mol. The molecule has 0 bridgehead atoms. The van der Waals surface area contributed by atoms with Gasteiger partial charge < -0.3 is 10.4 Å². The monoisotopic (exact) mass is 304 g/mol. The average Bonchev–Trinajstić information content (AvgIpc) is 2.26. The molecule has 0 aliphatic heterocycles. The van der Waals surface area contributed by atoms with E-state index < -0.39 is 17.9 Å². The summed E-state index contributed by atoms with van der Waals surface area (Å²) in [5.74, 6) is -1.37. The number of pyridine rings is 1. The van der Waals surface area contributed by atoms with Gasteiger partial charge in [0.1, 0.15) is 10.3 Å². The number of halogens is 2. The summed E-state index contributed by atoms with van der Waals surface area (Å²) in [7, 11) is 0. The molecule has 0 saturated heterocycles. The molecule has 1 unspecified atom stereocenters. The summed E-state index contributed by atoms with van der Waals surface area (Å²) >= 11 is 11.4. The van der Waals surface area contributed by atoms with Crippen LogP contribution in [0.1, 0.15) is 36.5 Å². The number of carbonyl (C=O) groups is 2. The number of carboxylic acid groups (broad SMARTS) is 1. The molecule has 0 spiro atoms. The van der Waals surface area contributed by atoms with Gasteiger partial charge in [0.15, 0.2) is 0 Å². The molecule has 104 valence electrons. The Balaban J connectivity index is 2.77. The van der Waals surface area contributed by atoms with Gasteiger partial charge in [-0.05, 0) is 18.6 Å². The van der Waals surface area contributed by atoms with Crippen molar-refractivity contribution < 1.29 is 14.7 Å². The van der Waals surface area contributed by atoms with E-state index in [2.05, 4.69) is 10.3 Å². The Morgan fingerprint density at radius 1 is 1.37 bits per heavy atom. The fraction of sp³-hybridized carbons (Fsp3) is 0.417. The number of aromatic nitrogens is 1. The molecule has 0 aliphatic carbocycles. The molecule has 0 radical (unpaired) electrons. The molecule has 5 nitrogen and oxygen atoms in total. The molecule has 2 N–H and O–H groups in total. The number of hydrogen-bond donors (Lipinski definition) is 2. The van der Waals surface area contributed by atoms with E-state index in [4.69, 9.17) is 28.3 Å². The van der Waals surface area contributed by atoms with Gasteiger partial charge >= 0.3 is 5.97 Å². The third kappa shape index (κ3) is 5.44. The first kappa shape index (κ1) is 15.7. The summed E-state index contributed by atoms with van der Waals surface area (Å²) in [6.45, 7) is 1.92. The molecule has 0 saturated carbocycles. The fourth-order valence-electron chi connectivity index (χ4n) is 1.65. The number of nitrogens with one attached hydrogen (secondary N) is 1.